The van der Waals surface area contributed by atoms with Crippen molar-refractivity contribution in [3.8, 4) is 28.7 Å². The van der Waals surface area contributed by atoms with E-state index in [4.69, 9.17) is 127 Å². The van der Waals surface area contributed by atoms with Crippen LogP contribution in [0.15, 0.2) is 113 Å². The standard InChI is InChI=1S/C14H15ClN2O4.C14H15ClO6.C12H11ClN2O4.C10H11ClO3.C6H5ClO.C5H6O2.C4H7BrO2.2C2H6O.CH2O3.2K.H4N2.Na.H2O.H/c1-2-20-14(19)8-21-12-5-3-9(7-10(12)15)11-4-6-13(18)17-16-11;1-2-20-14(19)8-21-12-5-3-9(7-10(12)15)11(16)4-6-13(17)18;13-8-5-7(9-2-4-11(16)15-14-9)1-3-10(8)19-6-12(17)18;1-2-13-10(12)7-14-9-6-4-3-5-8(9)11;7-5-3-1-2-4-6(5)8;6-4-1-2-5(7)3-4;1-2-7-4(6)3-5;2*1-2-3;2-1-4-3;;;1-2;;;/h2*3,5,7H,2,4,6,8H2,1H3,(H,17,18);1,3,5H,2,4,6H2,(H,15,16)(H,17,18);3-6H,2,7H2,1H3;1-4,8H;1-3H2;2-3H2,1H3;2*3H,2H2,1H3;1,3H;;;1-2H2;;1H2;/q;;;;;;;;;;2*+1;;+1;;-1/p-2. The molecule has 2 heterocycles. The smallest absolute Gasteiger partial charge is 1.00 e. The quantitative estimate of drug-likeness (QED) is 0.00357. The molecule has 612 valence electrons. The molecule has 3 aliphatic rings. The number of esters is 4. The summed E-state index contributed by atoms with van der Waals surface area (Å²) in [4.78, 5) is 130. The molecule has 113 heavy (non-hydrogen) atoms. The second-order valence-corrected chi connectivity index (χ2v) is 22.4. The van der Waals surface area contributed by atoms with Crippen LogP contribution in [0.2, 0.25) is 25.1 Å². The van der Waals surface area contributed by atoms with Gasteiger partial charge in [-0.1, -0.05) is 98.2 Å². The summed E-state index contributed by atoms with van der Waals surface area (Å²) in [5.74, 6) is 5.56. The van der Waals surface area contributed by atoms with Crippen molar-refractivity contribution in [2.24, 2.45) is 21.9 Å². The molecule has 2 amide bonds. The van der Waals surface area contributed by atoms with Crippen LogP contribution in [-0.4, -0.2) is 185 Å². The minimum Gasteiger partial charge on any atom is -1.00 e. The number of alkyl halides is 1. The Morgan fingerprint density at radius 1 is 0.513 bits per heavy atom. The van der Waals surface area contributed by atoms with Gasteiger partial charge in [-0.3, -0.25) is 50.0 Å². The second-order valence-electron chi connectivity index (χ2n) is 19.8. The number of para-hydroxylation sites is 2. The van der Waals surface area contributed by atoms with Gasteiger partial charge < -0.3 is 80.5 Å². The minimum absolute atomic E-state index is 0. The first kappa shape index (κ1) is 121. The molecular weight excluding hydrogens is 1730 g/mol. The van der Waals surface area contributed by atoms with Crippen molar-refractivity contribution in [3.63, 3.8) is 0 Å². The molecule has 5 aromatic carbocycles. The van der Waals surface area contributed by atoms with Crippen LogP contribution in [0.1, 0.15) is 122 Å². The van der Waals surface area contributed by atoms with Crippen LogP contribution in [0.4, 0.5) is 0 Å². The summed E-state index contributed by atoms with van der Waals surface area (Å²) in [7, 11) is 0. The number of benzene rings is 5. The van der Waals surface area contributed by atoms with Crippen molar-refractivity contribution in [2.75, 3.05) is 71.4 Å². The zero-order chi connectivity index (χ0) is 83.1. The molecule has 0 bridgehead atoms. The molecule has 12 N–H and O–H groups in total. The molecule has 43 heteroatoms. The Balaban J connectivity index is -0.000000191. The topological polar surface area (TPSA) is 543 Å². The molecule has 1 fully saturated rings. The van der Waals surface area contributed by atoms with Crippen LogP contribution < -0.4 is 179 Å². The van der Waals surface area contributed by atoms with Gasteiger partial charge in [0.05, 0.1) is 75.8 Å². The number of carboxylic acids is 2. The fourth-order valence-electron chi connectivity index (χ4n) is 7.16. The number of aliphatic hydroxyl groups excluding tert-OH is 2. The number of carbonyl (C=O) groups excluding carboxylic acids is 10. The normalized spacial score (nSPS) is 11.2. The number of aromatic hydroxyl groups is 1. The molecule has 0 aromatic heterocycles. The number of hydrazone groups is 2. The molecule has 0 radical (unpaired) electrons. The van der Waals surface area contributed by atoms with Crippen molar-refractivity contribution < 1.29 is 270 Å². The molecule has 34 nitrogen and oxygen atoms in total. The molecule has 1 saturated carbocycles. The average Bonchev–Trinajstić information content (AvgIpc) is 1.53. The predicted molar refractivity (Wildman–Crippen MR) is 406 cm³/mol. The number of aliphatic hydroxyl groups is 2. The van der Waals surface area contributed by atoms with E-state index in [1.165, 1.54) is 18.2 Å². The monoisotopic (exact) mass is 1820 g/mol. The summed E-state index contributed by atoms with van der Waals surface area (Å²) >= 11 is 32.3. The van der Waals surface area contributed by atoms with Gasteiger partial charge in [-0.2, -0.15) is 10.2 Å². The number of phenolic OH excluding ortho intramolecular Hbond substituents is 1. The number of nitrogens with two attached hydrogens (primary N) is 2. The first-order valence-corrected chi connectivity index (χ1v) is 35.2. The number of hydrogen-bond acceptors (Lipinski definition) is 30. The van der Waals surface area contributed by atoms with E-state index >= 15 is 0 Å². The number of amides is 2. The molecular formula is C70H89BrCl5K2N6NaO28. The summed E-state index contributed by atoms with van der Waals surface area (Å²) in [6, 6.07) is 28.0. The summed E-state index contributed by atoms with van der Waals surface area (Å²) < 4.78 is 39.3. The molecule has 8 rings (SSSR count). The SMILES string of the molecule is CCO.CCO.CCOC(=O)CBr.CCOC(=O)COc1ccc(C(=O)CCC(=O)O)cc1Cl.CCOC(=O)COc1ccc(C2=NNC(=O)CC2)cc1Cl.CCOC(=O)COc1ccccc1Cl.NN.O=C(O)COc1ccc(C2=NNC(=O)CC2)cc1Cl.O=C1CCC(=O)C1.O=CO[O-].Oc1ccccc1Cl.[H-].[K+].[K+].[Na+].[OH-]. The second kappa shape index (κ2) is 77.9. The Hall–Kier alpha value is -5.36. The van der Waals surface area contributed by atoms with E-state index in [1.807, 2.05) is 0 Å². The van der Waals surface area contributed by atoms with Gasteiger partial charge >= 0.3 is 168 Å². The van der Waals surface area contributed by atoms with Crippen molar-refractivity contribution in [2.45, 2.75) is 99.3 Å². The Morgan fingerprint density at radius 2 is 0.858 bits per heavy atom. The first-order chi connectivity index (χ1) is 52.0. The third-order valence-electron chi connectivity index (χ3n) is 11.7. The molecule has 1 aliphatic carbocycles. The van der Waals surface area contributed by atoms with E-state index in [2.05, 4.69) is 58.3 Å². The number of nitrogens with zero attached hydrogens (tertiary/aromatic N) is 2. The fraction of sp³-hybridized carbons (Fsp3) is 0.371. The number of hydrazine groups is 1. The molecule has 0 spiro atoms. The molecule has 0 atom stereocenters. The van der Waals surface area contributed by atoms with Gasteiger partial charge in [0.25, 0.3) is 6.47 Å². The van der Waals surface area contributed by atoms with Crippen LogP contribution in [0.3, 0.4) is 0 Å². The number of halogens is 6. The van der Waals surface area contributed by atoms with Crippen LogP contribution in [0.5, 0.6) is 28.7 Å². The fourth-order valence-corrected chi connectivity index (χ4v) is 8.36. The van der Waals surface area contributed by atoms with E-state index in [9.17, 15) is 52.7 Å². The largest absolute Gasteiger partial charge is 1.00 e. The maximum atomic E-state index is 11.7. The number of carboxylic acid groups (broad SMARTS) is 2. The predicted octanol–water partition coefficient (Wildman–Crippen LogP) is -0.578. The Labute approximate surface area is 794 Å². The zero-order valence-corrected chi connectivity index (χ0v) is 77.1. The van der Waals surface area contributed by atoms with Gasteiger partial charge in [0.2, 0.25) is 11.8 Å². The van der Waals surface area contributed by atoms with Gasteiger partial charge in [-0.25, -0.2) is 30.0 Å². The number of Topliss-reactive ketones (excluding diaryl/α,β-unsaturated/α-hetero) is 3. The van der Waals surface area contributed by atoms with Crippen LogP contribution in [-0.2, 0) is 76.6 Å². The number of aliphatic carboxylic acids is 2. The maximum Gasteiger partial charge on any atom is 1.00 e. The minimum atomic E-state index is -1.07. The van der Waals surface area contributed by atoms with Crippen LogP contribution in [0, 0.1) is 0 Å². The summed E-state index contributed by atoms with van der Waals surface area (Å²) in [5, 5.41) is 59.4. The Kier molecular flexibility index (Phi) is 83.3. The van der Waals surface area contributed by atoms with Crippen molar-refractivity contribution in [1.82, 2.24) is 10.9 Å². The van der Waals surface area contributed by atoms with E-state index < -0.39 is 36.5 Å². The summed E-state index contributed by atoms with van der Waals surface area (Å²) in [5.41, 5.74) is 8.20. The van der Waals surface area contributed by atoms with Crippen molar-refractivity contribution in [1.29, 1.82) is 0 Å². The zero-order valence-electron chi connectivity index (χ0n) is 64.5. The van der Waals surface area contributed by atoms with Crippen molar-refractivity contribution in [3.05, 3.63) is 145 Å². The van der Waals surface area contributed by atoms with E-state index in [0.717, 1.165) is 22.6 Å². The van der Waals surface area contributed by atoms with Gasteiger partial charge in [-0.15, -0.1) is 0 Å². The van der Waals surface area contributed by atoms with E-state index in [1.54, 1.807) is 126 Å². The number of carbonyl (C=O) groups is 12. The Morgan fingerprint density at radius 3 is 1.13 bits per heavy atom. The number of rotatable bonds is 24. The number of ketones is 3. The maximum absolute atomic E-state index is 11.7. The van der Waals surface area contributed by atoms with Gasteiger partial charge in [0.15, 0.2) is 32.2 Å². The molecule has 5 aromatic rings. The van der Waals surface area contributed by atoms with E-state index in [0.29, 0.717) is 107 Å². The van der Waals surface area contributed by atoms with Gasteiger partial charge in [-0.05, 0) is 132 Å². The Bertz CT molecular complexity index is 3680. The first-order valence-electron chi connectivity index (χ1n) is 32.2. The van der Waals surface area contributed by atoms with Gasteiger partial charge in [0, 0.05) is 63.7 Å². The van der Waals surface area contributed by atoms with Crippen molar-refractivity contribution >= 4 is 157 Å². The number of nitrogens with one attached hydrogen (secondary N) is 2. The summed E-state index contributed by atoms with van der Waals surface area (Å²) in [6.07, 6.45) is 2.71. The van der Waals surface area contributed by atoms with Gasteiger partial charge in [0.1, 0.15) is 45.6 Å². The molecule has 2 aliphatic heterocycles. The van der Waals surface area contributed by atoms with E-state index in [-0.39, 0.29) is 256 Å². The summed E-state index contributed by atoms with van der Waals surface area (Å²) in [6.45, 7) is 11.0. The van der Waals surface area contributed by atoms with Crippen LogP contribution >= 0.6 is 73.9 Å². The number of hydrogen-bond donors (Lipinski definition) is 9. The third kappa shape index (κ3) is 62.5. The molecule has 0 unspecified atom stereocenters. The number of phenols is 1. The average molecular weight is 1820 g/mol. The number of ether oxygens (including phenoxy) is 8. The third-order valence-corrected chi connectivity index (χ3v) is 13.7. The van der Waals surface area contributed by atoms with Crippen LogP contribution in [0.25, 0.3) is 0 Å². The molecule has 0 saturated heterocycles.